The van der Waals surface area contributed by atoms with Gasteiger partial charge in [-0.1, -0.05) is 48.0 Å². The van der Waals surface area contributed by atoms with Gasteiger partial charge in [0, 0.05) is 50.5 Å². The maximum atomic E-state index is 13.5. The van der Waals surface area contributed by atoms with Gasteiger partial charge in [-0.25, -0.2) is 0 Å². The fourth-order valence-electron chi connectivity index (χ4n) is 4.29. The topological polar surface area (TPSA) is 69.9 Å². The summed E-state index contributed by atoms with van der Waals surface area (Å²) in [7, 11) is 0. The number of nitrogens with zero attached hydrogens (tertiary/aromatic N) is 3. The molecule has 0 unspecified atom stereocenters. The van der Waals surface area contributed by atoms with Gasteiger partial charge in [-0.3, -0.25) is 14.5 Å². The van der Waals surface area contributed by atoms with Crippen LogP contribution in [-0.4, -0.2) is 56.0 Å². The van der Waals surface area contributed by atoms with E-state index in [0.29, 0.717) is 29.9 Å². The molecule has 1 fully saturated rings. The molecule has 0 spiro atoms. The van der Waals surface area contributed by atoms with Gasteiger partial charge in [0.05, 0.1) is 11.3 Å². The molecule has 6 nitrogen and oxygen atoms in total. The van der Waals surface area contributed by atoms with E-state index in [-0.39, 0.29) is 5.91 Å². The van der Waals surface area contributed by atoms with Crippen molar-refractivity contribution in [1.82, 2.24) is 4.90 Å². The van der Waals surface area contributed by atoms with Crippen LogP contribution in [-0.2, 0) is 0 Å². The number of nitrogens with two attached hydrogens (primary N) is 1. The van der Waals surface area contributed by atoms with E-state index in [9.17, 15) is 9.59 Å². The molecule has 1 aliphatic heterocycles. The van der Waals surface area contributed by atoms with Crippen molar-refractivity contribution in [2.75, 3.05) is 49.1 Å². The summed E-state index contributed by atoms with van der Waals surface area (Å²) in [5.41, 5.74) is 9.40. The van der Waals surface area contributed by atoms with Crippen molar-refractivity contribution in [2.24, 2.45) is 5.73 Å². The third-order valence-electron chi connectivity index (χ3n) is 6.10. The standard InChI is InChI=1S/C27H30N4O2/c1-21-8-7-9-22(20-21)27(33)31(25-13-6-5-12-24(25)26(28)32)19-16-29-14-17-30(18-15-29)23-10-3-2-4-11-23/h2-13,20H,14-19H2,1H3,(H2,28,32). The van der Waals surface area contributed by atoms with Crippen LogP contribution in [0.2, 0.25) is 0 Å². The lowest BCUT2D eigenvalue weighted by molar-refractivity contribution is 0.0982. The molecule has 4 rings (SSSR count). The summed E-state index contributed by atoms with van der Waals surface area (Å²) in [6, 6.07) is 25.0. The number of aryl methyl sites for hydroxylation is 1. The summed E-state index contributed by atoms with van der Waals surface area (Å²) in [5, 5.41) is 0. The van der Waals surface area contributed by atoms with E-state index < -0.39 is 5.91 Å². The Labute approximate surface area is 195 Å². The first-order valence-corrected chi connectivity index (χ1v) is 11.3. The van der Waals surface area contributed by atoms with Crippen LogP contribution >= 0.6 is 0 Å². The Morgan fingerprint density at radius 1 is 0.879 bits per heavy atom. The van der Waals surface area contributed by atoms with Gasteiger partial charge >= 0.3 is 0 Å². The number of piperazine rings is 1. The van der Waals surface area contributed by atoms with Gasteiger partial charge in [0.25, 0.3) is 11.8 Å². The second kappa shape index (κ2) is 10.3. The highest BCUT2D eigenvalue weighted by Gasteiger charge is 2.24. The molecule has 0 atom stereocenters. The smallest absolute Gasteiger partial charge is 0.258 e. The Bertz CT molecular complexity index is 1110. The van der Waals surface area contributed by atoms with Crippen LogP contribution < -0.4 is 15.5 Å². The van der Waals surface area contributed by atoms with E-state index in [1.165, 1.54) is 5.69 Å². The molecule has 1 heterocycles. The molecule has 6 heteroatoms. The third-order valence-corrected chi connectivity index (χ3v) is 6.10. The predicted octanol–water partition coefficient (Wildman–Crippen LogP) is 3.56. The fraction of sp³-hybridized carbons (Fsp3) is 0.259. The van der Waals surface area contributed by atoms with Crippen LogP contribution in [0.4, 0.5) is 11.4 Å². The number of para-hydroxylation sites is 2. The number of carbonyl (C=O) groups excluding carboxylic acids is 2. The van der Waals surface area contributed by atoms with E-state index in [1.54, 1.807) is 23.1 Å². The number of benzene rings is 3. The second-order valence-electron chi connectivity index (χ2n) is 8.37. The van der Waals surface area contributed by atoms with Crippen LogP contribution in [0.15, 0.2) is 78.9 Å². The van der Waals surface area contributed by atoms with Crippen LogP contribution in [0.3, 0.4) is 0 Å². The molecule has 1 aliphatic rings. The van der Waals surface area contributed by atoms with Crippen molar-refractivity contribution < 1.29 is 9.59 Å². The van der Waals surface area contributed by atoms with Gasteiger partial charge in [0.1, 0.15) is 0 Å². The zero-order valence-electron chi connectivity index (χ0n) is 19.0. The molecule has 0 saturated carbocycles. The normalized spacial score (nSPS) is 14.2. The average molecular weight is 443 g/mol. The lowest BCUT2D eigenvalue weighted by atomic mass is 10.1. The van der Waals surface area contributed by atoms with E-state index in [2.05, 4.69) is 34.1 Å². The Hall–Kier alpha value is -3.64. The minimum absolute atomic E-state index is 0.129. The summed E-state index contributed by atoms with van der Waals surface area (Å²) >= 11 is 0. The van der Waals surface area contributed by atoms with Crippen LogP contribution in [0, 0.1) is 6.92 Å². The number of primary amides is 1. The number of anilines is 2. The molecule has 0 bridgehead atoms. The van der Waals surface area contributed by atoms with Crippen LogP contribution in [0.1, 0.15) is 26.3 Å². The summed E-state index contributed by atoms with van der Waals surface area (Å²) in [4.78, 5) is 32.1. The lowest BCUT2D eigenvalue weighted by Gasteiger charge is -2.37. The molecular formula is C27H30N4O2. The fourth-order valence-corrected chi connectivity index (χ4v) is 4.29. The predicted molar refractivity (Wildman–Crippen MR) is 133 cm³/mol. The Balaban J connectivity index is 1.50. The maximum Gasteiger partial charge on any atom is 0.258 e. The van der Waals surface area contributed by atoms with Crippen molar-refractivity contribution in [2.45, 2.75) is 6.92 Å². The van der Waals surface area contributed by atoms with E-state index in [0.717, 1.165) is 31.7 Å². The van der Waals surface area contributed by atoms with Gasteiger partial charge in [-0.05, 0) is 43.3 Å². The molecular weight excluding hydrogens is 412 g/mol. The van der Waals surface area contributed by atoms with Gasteiger partial charge in [-0.15, -0.1) is 0 Å². The Morgan fingerprint density at radius 3 is 2.27 bits per heavy atom. The van der Waals surface area contributed by atoms with Gasteiger partial charge in [-0.2, -0.15) is 0 Å². The van der Waals surface area contributed by atoms with Gasteiger partial charge in [0.15, 0.2) is 0 Å². The molecule has 3 aromatic carbocycles. The van der Waals surface area contributed by atoms with E-state index >= 15 is 0 Å². The first kappa shape index (κ1) is 22.6. The molecule has 2 amide bonds. The number of hydrogen-bond acceptors (Lipinski definition) is 4. The molecule has 2 N–H and O–H groups in total. The quantitative estimate of drug-likeness (QED) is 0.607. The summed E-state index contributed by atoms with van der Waals surface area (Å²) < 4.78 is 0. The number of rotatable bonds is 7. The highest BCUT2D eigenvalue weighted by Crippen LogP contribution is 2.23. The molecule has 170 valence electrons. The zero-order valence-corrected chi connectivity index (χ0v) is 19.0. The van der Waals surface area contributed by atoms with Crippen LogP contribution in [0.5, 0.6) is 0 Å². The van der Waals surface area contributed by atoms with Crippen LogP contribution in [0.25, 0.3) is 0 Å². The molecule has 0 aliphatic carbocycles. The summed E-state index contributed by atoms with van der Waals surface area (Å²) in [6.07, 6.45) is 0. The zero-order chi connectivity index (χ0) is 23.2. The number of amides is 2. The summed E-state index contributed by atoms with van der Waals surface area (Å²) in [5.74, 6) is -0.667. The number of hydrogen-bond donors (Lipinski definition) is 1. The Morgan fingerprint density at radius 2 is 1.58 bits per heavy atom. The lowest BCUT2D eigenvalue weighted by Crippen LogP contribution is -2.49. The largest absolute Gasteiger partial charge is 0.369 e. The molecule has 0 radical (unpaired) electrons. The minimum atomic E-state index is -0.538. The Kier molecular flexibility index (Phi) is 7.05. The van der Waals surface area contributed by atoms with Crippen molar-refractivity contribution in [3.05, 3.63) is 95.6 Å². The maximum absolute atomic E-state index is 13.5. The minimum Gasteiger partial charge on any atom is -0.369 e. The molecule has 1 saturated heterocycles. The monoisotopic (exact) mass is 442 g/mol. The van der Waals surface area contributed by atoms with Crippen molar-refractivity contribution >= 4 is 23.2 Å². The van der Waals surface area contributed by atoms with Gasteiger partial charge in [0.2, 0.25) is 0 Å². The first-order valence-electron chi connectivity index (χ1n) is 11.3. The highest BCUT2D eigenvalue weighted by molar-refractivity contribution is 6.10. The molecule has 0 aromatic heterocycles. The third kappa shape index (κ3) is 5.41. The second-order valence-corrected chi connectivity index (χ2v) is 8.37. The van der Waals surface area contributed by atoms with E-state index in [4.69, 9.17) is 5.73 Å². The van der Waals surface area contributed by atoms with E-state index in [1.807, 2.05) is 43.3 Å². The van der Waals surface area contributed by atoms with Crippen molar-refractivity contribution in [3.8, 4) is 0 Å². The number of carbonyl (C=O) groups is 2. The van der Waals surface area contributed by atoms with Gasteiger partial charge < -0.3 is 15.5 Å². The SMILES string of the molecule is Cc1cccc(C(=O)N(CCN2CCN(c3ccccc3)CC2)c2ccccc2C(N)=O)c1. The molecule has 3 aromatic rings. The van der Waals surface area contributed by atoms with Crippen molar-refractivity contribution in [1.29, 1.82) is 0 Å². The summed E-state index contributed by atoms with van der Waals surface area (Å²) in [6.45, 7) is 6.86. The first-order chi connectivity index (χ1) is 16.0. The average Bonchev–Trinajstić information content (AvgIpc) is 2.85. The highest BCUT2D eigenvalue weighted by atomic mass is 16.2. The van der Waals surface area contributed by atoms with Crippen molar-refractivity contribution in [3.63, 3.8) is 0 Å². The molecule has 33 heavy (non-hydrogen) atoms.